The van der Waals surface area contributed by atoms with Crippen molar-refractivity contribution in [3.05, 3.63) is 60.2 Å². The van der Waals surface area contributed by atoms with Crippen molar-refractivity contribution in [2.75, 3.05) is 7.11 Å². The Morgan fingerprint density at radius 2 is 1.82 bits per heavy atom. The molecule has 3 rings (SSSR count). The SMILES string of the molecule is COC(=O)C(C#N)(/N=N/c1ccc(OCc2ccccc2)cc1)C1CCCC1. The number of nitriles is 1. The normalized spacial score (nSPS) is 16.4. The average molecular weight is 377 g/mol. The number of benzene rings is 2. The second-order valence-electron chi connectivity index (χ2n) is 6.82. The summed E-state index contributed by atoms with van der Waals surface area (Å²) in [7, 11) is 1.28. The molecule has 0 heterocycles. The number of hydrogen-bond acceptors (Lipinski definition) is 6. The van der Waals surface area contributed by atoms with Crippen LogP contribution in [0.2, 0.25) is 0 Å². The molecule has 0 spiro atoms. The van der Waals surface area contributed by atoms with E-state index in [1.807, 2.05) is 30.3 Å². The maximum atomic E-state index is 12.3. The van der Waals surface area contributed by atoms with Gasteiger partial charge in [0.05, 0.1) is 12.8 Å². The number of rotatable bonds is 7. The third-order valence-corrected chi connectivity index (χ3v) is 5.02. The first-order chi connectivity index (χ1) is 13.7. The average Bonchev–Trinajstić information content (AvgIpc) is 3.29. The molecule has 1 unspecified atom stereocenters. The molecular formula is C22H23N3O3. The van der Waals surface area contributed by atoms with Gasteiger partial charge < -0.3 is 9.47 Å². The zero-order valence-electron chi connectivity index (χ0n) is 15.9. The van der Waals surface area contributed by atoms with Gasteiger partial charge in [-0.2, -0.15) is 15.5 Å². The van der Waals surface area contributed by atoms with Crippen molar-refractivity contribution in [2.24, 2.45) is 16.1 Å². The van der Waals surface area contributed by atoms with E-state index in [-0.39, 0.29) is 5.92 Å². The highest BCUT2D eigenvalue weighted by Gasteiger charge is 2.49. The Morgan fingerprint density at radius 1 is 1.14 bits per heavy atom. The molecule has 28 heavy (non-hydrogen) atoms. The van der Waals surface area contributed by atoms with Crippen LogP contribution in [-0.4, -0.2) is 18.6 Å². The fraction of sp³-hybridized carbons (Fsp3) is 0.364. The van der Waals surface area contributed by atoms with Crippen molar-refractivity contribution >= 4 is 11.7 Å². The fourth-order valence-electron chi connectivity index (χ4n) is 3.43. The molecule has 144 valence electrons. The van der Waals surface area contributed by atoms with Gasteiger partial charge >= 0.3 is 5.97 Å². The Bertz CT molecular complexity index is 853. The maximum absolute atomic E-state index is 12.3. The predicted molar refractivity (Wildman–Crippen MR) is 104 cm³/mol. The van der Waals surface area contributed by atoms with Crippen LogP contribution in [0.15, 0.2) is 64.8 Å². The standard InChI is InChI=1S/C22H23N3O3/c1-27-21(26)22(16-23,18-9-5-6-10-18)25-24-19-11-13-20(14-12-19)28-15-17-7-3-2-4-8-17/h2-4,7-8,11-14,18H,5-6,9-10,15H2,1H3/b25-24+. The number of ether oxygens (including phenoxy) is 2. The Balaban J connectivity index is 1.71. The molecule has 1 fully saturated rings. The van der Waals surface area contributed by atoms with Crippen LogP contribution in [0, 0.1) is 17.2 Å². The lowest BCUT2D eigenvalue weighted by molar-refractivity contribution is -0.146. The topological polar surface area (TPSA) is 84.0 Å². The molecule has 1 aliphatic rings. The molecule has 0 N–H and O–H groups in total. The zero-order valence-corrected chi connectivity index (χ0v) is 15.9. The van der Waals surface area contributed by atoms with Gasteiger partial charge in [0.2, 0.25) is 0 Å². The van der Waals surface area contributed by atoms with Crippen LogP contribution >= 0.6 is 0 Å². The van der Waals surface area contributed by atoms with Crippen LogP contribution in [0.25, 0.3) is 0 Å². The predicted octanol–water partition coefficient (Wildman–Crippen LogP) is 4.97. The van der Waals surface area contributed by atoms with Gasteiger partial charge in [-0.3, -0.25) is 0 Å². The van der Waals surface area contributed by atoms with Gasteiger partial charge in [0.25, 0.3) is 5.54 Å². The Hall–Kier alpha value is -3.20. The van der Waals surface area contributed by atoms with E-state index in [0.717, 1.165) is 31.2 Å². The number of carbonyl (C=O) groups excluding carboxylic acids is 1. The van der Waals surface area contributed by atoms with Crippen LogP contribution in [0.1, 0.15) is 31.2 Å². The molecule has 1 saturated carbocycles. The molecule has 2 aromatic carbocycles. The molecule has 6 heteroatoms. The summed E-state index contributed by atoms with van der Waals surface area (Å²) < 4.78 is 10.6. The summed E-state index contributed by atoms with van der Waals surface area (Å²) in [6.07, 6.45) is 3.50. The van der Waals surface area contributed by atoms with E-state index < -0.39 is 11.5 Å². The lowest BCUT2D eigenvalue weighted by Crippen LogP contribution is -2.42. The van der Waals surface area contributed by atoms with Crippen molar-refractivity contribution in [3.8, 4) is 11.8 Å². The smallest absolute Gasteiger partial charge is 0.350 e. The summed E-state index contributed by atoms with van der Waals surface area (Å²) >= 11 is 0. The highest BCUT2D eigenvalue weighted by molar-refractivity contribution is 5.85. The lowest BCUT2D eigenvalue weighted by Gasteiger charge is -2.24. The van der Waals surface area contributed by atoms with Crippen molar-refractivity contribution in [1.82, 2.24) is 0 Å². The van der Waals surface area contributed by atoms with Crippen LogP contribution in [-0.2, 0) is 16.1 Å². The van der Waals surface area contributed by atoms with Gasteiger partial charge in [-0.25, -0.2) is 4.79 Å². The lowest BCUT2D eigenvalue weighted by atomic mass is 9.84. The Labute approximate surface area is 164 Å². The van der Waals surface area contributed by atoms with Crippen LogP contribution in [0.5, 0.6) is 5.75 Å². The summed E-state index contributed by atoms with van der Waals surface area (Å²) in [5, 5.41) is 18.1. The molecule has 0 aliphatic heterocycles. The molecule has 6 nitrogen and oxygen atoms in total. The summed E-state index contributed by atoms with van der Waals surface area (Å²) in [6.45, 7) is 0.475. The van der Waals surface area contributed by atoms with E-state index in [0.29, 0.717) is 18.0 Å². The highest BCUT2D eigenvalue weighted by Crippen LogP contribution is 2.38. The molecule has 1 aliphatic carbocycles. The first kappa shape index (κ1) is 19.6. The van der Waals surface area contributed by atoms with Gasteiger partial charge in [0.1, 0.15) is 18.4 Å². The van der Waals surface area contributed by atoms with Gasteiger partial charge in [0, 0.05) is 5.92 Å². The van der Waals surface area contributed by atoms with Crippen LogP contribution in [0.3, 0.4) is 0 Å². The van der Waals surface area contributed by atoms with Crippen LogP contribution in [0.4, 0.5) is 5.69 Å². The zero-order chi connectivity index (χ0) is 19.8. The van der Waals surface area contributed by atoms with E-state index >= 15 is 0 Å². The molecule has 0 saturated heterocycles. The largest absolute Gasteiger partial charge is 0.489 e. The minimum Gasteiger partial charge on any atom is -0.489 e. The molecule has 2 aromatic rings. The molecule has 0 radical (unpaired) electrons. The molecule has 1 atom stereocenters. The molecule has 0 amide bonds. The van der Waals surface area contributed by atoms with Crippen molar-refractivity contribution in [2.45, 2.75) is 37.8 Å². The van der Waals surface area contributed by atoms with E-state index in [1.54, 1.807) is 24.3 Å². The number of nitrogens with zero attached hydrogens (tertiary/aromatic N) is 3. The summed E-state index contributed by atoms with van der Waals surface area (Å²) in [5.41, 5.74) is 0.0570. The molecular weight excluding hydrogens is 354 g/mol. The number of hydrogen-bond donors (Lipinski definition) is 0. The van der Waals surface area contributed by atoms with Gasteiger partial charge in [-0.15, -0.1) is 0 Å². The monoisotopic (exact) mass is 377 g/mol. The van der Waals surface area contributed by atoms with E-state index in [1.165, 1.54) is 7.11 Å². The molecule has 0 aromatic heterocycles. The quantitative estimate of drug-likeness (QED) is 0.503. The first-order valence-corrected chi connectivity index (χ1v) is 9.37. The minimum atomic E-state index is -1.58. The third-order valence-electron chi connectivity index (χ3n) is 5.02. The molecule has 0 bridgehead atoms. The number of methoxy groups -OCH3 is 1. The van der Waals surface area contributed by atoms with Crippen molar-refractivity contribution in [3.63, 3.8) is 0 Å². The number of azo groups is 1. The number of carbonyl (C=O) groups is 1. The van der Waals surface area contributed by atoms with E-state index in [2.05, 4.69) is 16.3 Å². The second-order valence-corrected chi connectivity index (χ2v) is 6.82. The second kappa shape index (κ2) is 9.14. The Morgan fingerprint density at radius 3 is 2.43 bits per heavy atom. The first-order valence-electron chi connectivity index (χ1n) is 9.37. The van der Waals surface area contributed by atoms with Crippen LogP contribution < -0.4 is 4.74 Å². The summed E-state index contributed by atoms with van der Waals surface area (Å²) in [5.74, 6) is -0.103. The summed E-state index contributed by atoms with van der Waals surface area (Å²) in [6, 6.07) is 19.0. The van der Waals surface area contributed by atoms with Gasteiger partial charge in [-0.05, 0) is 42.7 Å². The van der Waals surface area contributed by atoms with Gasteiger partial charge in [-0.1, -0.05) is 43.2 Å². The van der Waals surface area contributed by atoms with E-state index in [4.69, 9.17) is 9.47 Å². The third kappa shape index (κ3) is 4.37. The Kier molecular flexibility index (Phi) is 6.38. The highest BCUT2D eigenvalue weighted by atomic mass is 16.5. The van der Waals surface area contributed by atoms with Crippen molar-refractivity contribution < 1.29 is 14.3 Å². The minimum absolute atomic E-state index is 0.165. The maximum Gasteiger partial charge on any atom is 0.350 e. The number of esters is 1. The fourth-order valence-corrected chi connectivity index (χ4v) is 3.43. The van der Waals surface area contributed by atoms with Gasteiger partial charge in [0.15, 0.2) is 0 Å². The summed E-state index contributed by atoms with van der Waals surface area (Å²) in [4.78, 5) is 12.3. The van der Waals surface area contributed by atoms with Crippen molar-refractivity contribution in [1.29, 1.82) is 5.26 Å². The van der Waals surface area contributed by atoms with E-state index in [9.17, 15) is 10.1 Å².